The molecule has 0 saturated carbocycles. The Morgan fingerprint density at radius 1 is 1.25 bits per heavy atom. The average Bonchev–Trinajstić information content (AvgIpc) is 3.08. The maximum absolute atomic E-state index is 12.7. The van der Waals surface area contributed by atoms with Gasteiger partial charge in [-0.2, -0.15) is 0 Å². The summed E-state index contributed by atoms with van der Waals surface area (Å²) in [5.41, 5.74) is 0. The van der Waals surface area contributed by atoms with Gasteiger partial charge in [-0.25, -0.2) is 0 Å². The Bertz CT molecular complexity index is 708. The molecule has 0 aromatic carbocycles. The summed E-state index contributed by atoms with van der Waals surface area (Å²) in [6, 6.07) is 8.68. The number of piperidine rings is 3. The third-order valence-corrected chi connectivity index (χ3v) is 7.37. The molecule has 3 aliphatic heterocycles. The third-order valence-electron chi connectivity index (χ3n) is 5.15. The molecule has 0 spiro atoms. The van der Waals surface area contributed by atoms with E-state index in [9.17, 15) is 4.79 Å². The molecule has 2 atom stereocenters. The van der Waals surface area contributed by atoms with Crippen molar-refractivity contribution >= 4 is 29.0 Å². The number of carbonyl (C=O) groups is 1. The van der Waals surface area contributed by atoms with Crippen LogP contribution in [-0.2, 0) is 0 Å². The molecule has 2 bridgehead atoms. The van der Waals surface area contributed by atoms with Crippen LogP contribution >= 0.6 is 23.1 Å². The number of aromatic nitrogens is 1. The van der Waals surface area contributed by atoms with Crippen molar-refractivity contribution in [1.82, 2.24) is 15.2 Å². The molecule has 4 nitrogen and oxygen atoms in total. The minimum absolute atomic E-state index is 0.0761. The van der Waals surface area contributed by atoms with Crippen molar-refractivity contribution in [3.05, 3.63) is 41.5 Å². The van der Waals surface area contributed by atoms with Gasteiger partial charge in [-0.15, -0.1) is 11.3 Å². The molecule has 1 amide bonds. The number of nitrogens with one attached hydrogen (secondary N) is 1. The highest BCUT2D eigenvalue weighted by Crippen LogP contribution is 2.34. The first kappa shape index (κ1) is 16.1. The van der Waals surface area contributed by atoms with E-state index in [1.54, 1.807) is 35.5 Å². The summed E-state index contributed by atoms with van der Waals surface area (Å²) >= 11 is 3.24. The zero-order chi connectivity index (χ0) is 16.5. The lowest BCUT2D eigenvalue weighted by Crippen LogP contribution is -2.62. The van der Waals surface area contributed by atoms with Crippen LogP contribution in [0.2, 0.25) is 0 Å². The summed E-state index contributed by atoms with van der Waals surface area (Å²) < 4.78 is 1.13. The van der Waals surface area contributed by atoms with E-state index < -0.39 is 0 Å². The number of amides is 1. The maximum atomic E-state index is 12.7. The van der Waals surface area contributed by atoms with Crippen LogP contribution in [0.15, 0.2) is 45.8 Å². The number of fused-ring (bicyclic) bond motifs is 3. The van der Waals surface area contributed by atoms with Crippen LogP contribution in [0.1, 0.15) is 29.4 Å². The molecule has 126 valence electrons. The monoisotopic (exact) mass is 359 g/mol. The van der Waals surface area contributed by atoms with Gasteiger partial charge in [0, 0.05) is 29.4 Å². The van der Waals surface area contributed by atoms with Gasteiger partial charge in [-0.3, -0.25) is 14.7 Å². The fraction of sp³-hybridized carbons (Fsp3) is 0.444. The predicted molar refractivity (Wildman–Crippen MR) is 97.7 cm³/mol. The summed E-state index contributed by atoms with van der Waals surface area (Å²) in [5, 5.41) is 3.30. The Hall–Kier alpha value is -1.37. The zero-order valence-corrected chi connectivity index (χ0v) is 15.3. The molecule has 3 saturated heterocycles. The van der Waals surface area contributed by atoms with E-state index in [1.807, 2.05) is 24.3 Å². The van der Waals surface area contributed by atoms with E-state index in [0.29, 0.717) is 18.0 Å². The van der Waals surface area contributed by atoms with Crippen LogP contribution < -0.4 is 5.32 Å². The number of pyridine rings is 1. The molecule has 5 rings (SSSR count). The smallest absolute Gasteiger partial charge is 0.261 e. The van der Waals surface area contributed by atoms with Gasteiger partial charge in [0.25, 0.3) is 5.91 Å². The first-order valence-corrected chi connectivity index (χ1v) is 10.1. The first-order valence-electron chi connectivity index (χ1n) is 8.43. The first-order chi connectivity index (χ1) is 11.7. The van der Waals surface area contributed by atoms with Gasteiger partial charge in [-0.05, 0) is 63.0 Å². The molecule has 0 unspecified atom stereocenters. The largest absolute Gasteiger partial charge is 0.347 e. The Labute approximate surface area is 150 Å². The highest BCUT2D eigenvalue weighted by atomic mass is 32.2. The van der Waals surface area contributed by atoms with Crippen molar-refractivity contribution in [1.29, 1.82) is 0 Å². The number of hydrogen-bond acceptors (Lipinski definition) is 5. The summed E-state index contributed by atoms with van der Waals surface area (Å²) in [4.78, 5) is 21.1. The number of carbonyl (C=O) groups excluding carboxylic acids is 1. The fourth-order valence-corrected chi connectivity index (χ4v) is 5.78. The Morgan fingerprint density at radius 3 is 2.71 bits per heavy atom. The van der Waals surface area contributed by atoms with E-state index in [0.717, 1.165) is 14.0 Å². The van der Waals surface area contributed by atoms with Crippen molar-refractivity contribution in [3.63, 3.8) is 0 Å². The molecular formula is C18H21N3OS2. The zero-order valence-electron chi connectivity index (χ0n) is 13.6. The summed E-state index contributed by atoms with van der Waals surface area (Å²) in [6.45, 7) is 4.61. The number of thiophene rings is 1. The second kappa shape index (κ2) is 6.86. The van der Waals surface area contributed by atoms with E-state index in [2.05, 4.69) is 22.1 Å². The lowest BCUT2D eigenvalue weighted by Gasteiger charge is -2.49. The van der Waals surface area contributed by atoms with Gasteiger partial charge < -0.3 is 5.32 Å². The van der Waals surface area contributed by atoms with Crippen LogP contribution in [0.4, 0.5) is 0 Å². The molecule has 2 aromatic rings. The Balaban J connectivity index is 1.42. The van der Waals surface area contributed by atoms with Gasteiger partial charge in [0.1, 0.15) is 0 Å². The summed E-state index contributed by atoms with van der Waals surface area (Å²) in [6.07, 6.45) is 6.00. The van der Waals surface area contributed by atoms with Crippen LogP contribution in [0.5, 0.6) is 0 Å². The lowest BCUT2D eigenvalue weighted by atomic mass is 9.79. The highest BCUT2D eigenvalue weighted by Gasteiger charge is 2.40. The minimum atomic E-state index is 0.0761. The minimum Gasteiger partial charge on any atom is -0.347 e. The SMILES string of the molecule is C[C@H]1[C@H](NC(=O)c2ccc(Sc3ccncc3)s2)C2CCN1CC2. The van der Waals surface area contributed by atoms with Crippen molar-refractivity contribution in [2.45, 2.75) is 41.0 Å². The topological polar surface area (TPSA) is 45.2 Å². The van der Waals surface area contributed by atoms with Gasteiger partial charge in [0.2, 0.25) is 0 Å². The van der Waals surface area contributed by atoms with E-state index in [-0.39, 0.29) is 5.91 Å². The van der Waals surface area contributed by atoms with Crippen LogP contribution in [0, 0.1) is 5.92 Å². The van der Waals surface area contributed by atoms with Gasteiger partial charge in [0.05, 0.1) is 9.09 Å². The Morgan fingerprint density at radius 2 is 2.00 bits per heavy atom. The standard InChI is InChI=1S/C18H21N3OS2/c1-12-17(13-6-10-21(12)11-7-13)20-18(22)15-2-3-16(24-15)23-14-4-8-19-9-5-14/h2-5,8-9,12-13,17H,6-7,10-11H2,1H3,(H,20,22)/t12-,17-/m0/s1. The molecule has 0 aliphatic carbocycles. The molecule has 6 heteroatoms. The molecule has 3 fully saturated rings. The third kappa shape index (κ3) is 3.23. The van der Waals surface area contributed by atoms with Gasteiger partial charge >= 0.3 is 0 Å². The predicted octanol–water partition coefficient (Wildman–Crippen LogP) is 3.51. The molecule has 2 aromatic heterocycles. The quantitative estimate of drug-likeness (QED) is 0.907. The van der Waals surface area contributed by atoms with Gasteiger partial charge in [-0.1, -0.05) is 11.8 Å². The Kier molecular flexibility index (Phi) is 4.61. The molecule has 3 aliphatic rings. The second-order valence-electron chi connectivity index (χ2n) is 6.52. The van der Waals surface area contributed by atoms with Crippen molar-refractivity contribution in [2.75, 3.05) is 13.1 Å². The average molecular weight is 360 g/mol. The molecular weight excluding hydrogens is 338 g/mol. The number of hydrogen-bond donors (Lipinski definition) is 1. The molecule has 0 radical (unpaired) electrons. The van der Waals surface area contributed by atoms with Crippen LogP contribution in [0.25, 0.3) is 0 Å². The van der Waals surface area contributed by atoms with E-state index in [1.165, 1.54) is 25.9 Å². The maximum Gasteiger partial charge on any atom is 0.261 e. The van der Waals surface area contributed by atoms with Gasteiger partial charge in [0.15, 0.2) is 0 Å². The molecule has 1 N–H and O–H groups in total. The van der Waals surface area contributed by atoms with Crippen LogP contribution in [0.3, 0.4) is 0 Å². The fourth-order valence-electron chi connectivity index (χ4n) is 3.79. The van der Waals surface area contributed by atoms with E-state index in [4.69, 9.17) is 0 Å². The summed E-state index contributed by atoms with van der Waals surface area (Å²) in [5.74, 6) is 0.715. The second-order valence-corrected chi connectivity index (χ2v) is 8.97. The lowest BCUT2D eigenvalue weighted by molar-refractivity contribution is 0.0218. The highest BCUT2D eigenvalue weighted by molar-refractivity contribution is 8.01. The molecule has 5 heterocycles. The number of nitrogens with zero attached hydrogens (tertiary/aromatic N) is 2. The normalized spacial score (nSPS) is 28.7. The van der Waals surface area contributed by atoms with Crippen molar-refractivity contribution in [2.24, 2.45) is 5.92 Å². The van der Waals surface area contributed by atoms with Crippen molar-refractivity contribution in [3.8, 4) is 0 Å². The van der Waals surface area contributed by atoms with E-state index >= 15 is 0 Å². The number of rotatable bonds is 4. The summed E-state index contributed by atoms with van der Waals surface area (Å²) in [7, 11) is 0. The molecule has 24 heavy (non-hydrogen) atoms. The van der Waals surface area contributed by atoms with Crippen LogP contribution in [-0.4, -0.2) is 41.0 Å². The van der Waals surface area contributed by atoms with Crippen molar-refractivity contribution < 1.29 is 4.79 Å².